The molecule has 0 aromatic carbocycles. The Labute approximate surface area is 179 Å². The van der Waals surface area contributed by atoms with Crippen molar-refractivity contribution in [3.8, 4) is 0 Å². The Morgan fingerprint density at radius 3 is 2.67 bits per heavy atom. The number of amides is 1. The summed E-state index contributed by atoms with van der Waals surface area (Å²) in [5.41, 5.74) is 0. The van der Waals surface area contributed by atoms with Gasteiger partial charge in [0, 0.05) is 57.5 Å². The van der Waals surface area contributed by atoms with Crippen LogP contribution >= 0.6 is 0 Å². The van der Waals surface area contributed by atoms with Gasteiger partial charge in [0.2, 0.25) is 5.91 Å². The first-order chi connectivity index (χ1) is 14.6. The summed E-state index contributed by atoms with van der Waals surface area (Å²) < 4.78 is 12.6. The monoisotopic (exact) mass is 420 g/mol. The standard InChI is InChI=1S/C22H36N4O4/c1-3-18(2)17-30-22(28)16-26-11-8-23-20(26)4-5-21(27)25-9-6-19(7-10-25)24-12-14-29-15-13-24/h8,11,18-19H,3-7,9-10,12-17H2,1-2H3. The first-order valence-electron chi connectivity index (χ1n) is 11.3. The second kappa shape index (κ2) is 11.5. The van der Waals surface area contributed by atoms with Crippen LogP contribution in [0.2, 0.25) is 0 Å². The van der Waals surface area contributed by atoms with E-state index in [2.05, 4.69) is 23.7 Å². The molecule has 8 heteroatoms. The minimum Gasteiger partial charge on any atom is -0.464 e. The molecule has 30 heavy (non-hydrogen) atoms. The van der Waals surface area contributed by atoms with Gasteiger partial charge in [0.05, 0.1) is 19.8 Å². The van der Waals surface area contributed by atoms with Crippen molar-refractivity contribution in [3.63, 3.8) is 0 Å². The number of carbonyl (C=O) groups excluding carboxylic acids is 2. The average molecular weight is 421 g/mol. The average Bonchev–Trinajstić information content (AvgIpc) is 3.23. The molecular weight excluding hydrogens is 384 g/mol. The molecular formula is C22H36N4O4. The van der Waals surface area contributed by atoms with Gasteiger partial charge < -0.3 is 18.9 Å². The second-order valence-electron chi connectivity index (χ2n) is 8.43. The highest BCUT2D eigenvalue weighted by atomic mass is 16.5. The van der Waals surface area contributed by atoms with E-state index in [1.165, 1.54) is 0 Å². The van der Waals surface area contributed by atoms with Gasteiger partial charge in [-0.2, -0.15) is 0 Å². The first kappa shape index (κ1) is 22.7. The smallest absolute Gasteiger partial charge is 0.326 e. The summed E-state index contributed by atoms with van der Waals surface area (Å²) in [6.45, 7) is 9.99. The molecule has 2 fully saturated rings. The Balaban J connectivity index is 1.40. The van der Waals surface area contributed by atoms with Gasteiger partial charge in [-0.25, -0.2) is 4.98 Å². The number of aromatic nitrogens is 2. The summed E-state index contributed by atoms with van der Waals surface area (Å²) in [5, 5.41) is 0. The number of imidazole rings is 1. The van der Waals surface area contributed by atoms with Gasteiger partial charge in [-0.3, -0.25) is 14.5 Å². The summed E-state index contributed by atoms with van der Waals surface area (Å²) in [6.07, 6.45) is 7.45. The van der Waals surface area contributed by atoms with Gasteiger partial charge in [0.1, 0.15) is 12.4 Å². The number of hydrogen-bond acceptors (Lipinski definition) is 6. The second-order valence-corrected chi connectivity index (χ2v) is 8.43. The molecule has 1 atom stereocenters. The Morgan fingerprint density at radius 1 is 1.23 bits per heavy atom. The number of likely N-dealkylation sites (tertiary alicyclic amines) is 1. The lowest BCUT2D eigenvalue weighted by molar-refractivity contribution is -0.145. The van der Waals surface area contributed by atoms with Crippen LogP contribution < -0.4 is 0 Å². The maximum atomic E-state index is 12.7. The third-order valence-corrected chi connectivity index (χ3v) is 6.27. The molecule has 1 unspecified atom stereocenters. The molecule has 2 aliphatic rings. The van der Waals surface area contributed by atoms with E-state index in [0.717, 1.165) is 64.5 Å². The summed E-state index contributed by atoms with van der Waals surface area (Å²) in [4.78, 5) is 33.6. The first-order valence-corrected chi connectivity index (χ1v) is 11.3. The van der Waals surface area contributed by atoms with Crippen LogP contribution in [0.1, 0.15) is 45.4 Å². The normalized spacial score (nSPS) is 19.6. The summed E-state index contributed by atoms with van der Waals surface area (Å²) in [6, 6.07) is 0.568. The SMILES string of the molecule is CCC(C)COC(=O)Cn1ccnc1CCC(=O)N1CCC(N2CCOCC2)CC1. The van der Waals surface area contributed by atoms with E-state index in [-0.39, 0.29) is 18.4 Å². The Kier molecular flexibility index (Phi) is 8.69. The minimum atomic E-state index is -0.258. The summed E-state index contributed by atoms with van der Waals surface area (Å²) >= 11 is 0. The number of hydrogen-bond donors (Lipinski definition) is 0. The molecule has 0 N–H and O–H groups in total. The molecule has 1 aromatic heterocycles. The van der Waals surface area contributed by atoms with Crippen molar-refractivity contribution < 1.29 is 19.1 Å². The van der Waals surface area contributed by atoms with Crippen LogP contribution in [0.25, 0.3) is 0 Å². The van der Waals surface area contributed by atoms with E-state index < -0.39 is 0 Å². The lowest BCUT2D eigenvalue weighted by atomic mass is 10.0. The third-order valence-electron chi connectivity index (χ3n) is 6.27. The van der Waals surface area contributed by atoms with E-state index in [1.54, 1.807) is 17.0 Å². The molecule has 3 rings (SSSR count). The molecule has 0 aliphatic carbocycles. The minimum absolute atomic E-state index is 0.144. The molecule has 0 spiro atoms. The fourth-order valence-electron chi connectivity index (χ4n) is 4.05. The summed E-state index contributed by atoms with van der Waals surface area (Å²) in [7, 11) is 0. The van der Waals surface area contributed by atoms with E-state index in [9.17, 15) is 9.59 Å². The van der Waals surface area contributed by atoms with Crippen LogP contribution in [0.3, 0.4) is 0 Å². The molecule has 1 amide bonds. The zero-order chi connectivity index (χ0) is 21.3. The zero-order valence-corrected chi connectivity index (χ0v) is 18.4. The van der Waals surface area contributed by atoms with Gasteiger partial charge in [0.25, 0.3) is 0 Å². The number of carbonyl (C=O) groups is 2. The van der Waals surface area contributed by atoms with Crippen LogP contribution in [0.15, 0.2) is 12.4 Å². The lowest BCUT2D eigenvalue weighted by Gasteiger charge is -2.40. The number of morpholine rings is 1. The lowest BCUT2D eigenvalue weighted by Crippen LogP contribution is -2.50. The molecule has 2 saturated heterocycles. The maximum Gasteiger partial charge on any atom is 0.326 e. The number of nitrogens with zero attached hydrogens (tertiary/aromatic N) is 4. The zero-order valence-electron chi connectivity index (χ0n) is 18.4. The van der Waals surface area contributed by atoms with E-state index >= 15 is 0 Å². The fraction of sp³-hybridized carbons (Fsp3) is 0.773. The predicted octanol–water partition coefficient (Wildman–Crippen LogP) is 1.73. The molecule has 3 heterocycles. The van der Waals surface area contributed by atoms with Gasteiger partial charge in [-0.05, 0) is 18.8 Å². The number of ether oxygens (including phenoxy) is 2. The number of aryl methyl sites for hydroxylation is 1. The number of piperidine rings is 1. The van der Waals surface area contributed by atoms with E-state index in [0.29, 0.717) is 31.4 Å². The van der Waals surface area contributed by atoms with Crippen molar-refractivity contribution >= 4 is 11.9 Å². The molecule has 168 valence electrons. The quantitative estimate of drug-likeness (QED) is 0.566. The molecule has 2 aliphatic heterocycles. The predicted molar refractivity (Wildman–Crippen MR) is 113 cm³/mol. The van der Waals surface area contributed by atoms with Gasteiger partial charge in [-0.1, -0.05) is 20.3 Å². The van der Waals surface area contributed by atoms with Crippen molar-refractivity contribution in [1.29, 1.82) is 0 Å². The highest BCUT2D eigenvalue weighted by molar-refractivity contribution is 5.76. The van der Waals surface area contributed by atoms with Crippen LogP contribution in [0.5, 0.6) is 0 Å². The van der Waals surface area contributed by atoms with E-state index in [1.807, 2.05) is 4.90 Å². The Hall–Kier alpha value is -1.93. The van der Waals surface area contributed by atoms with Crippen molar-refractivity contribution in [2.45, 2.75) is 58.5 Å². The molecule has 0 bridgehead atoms. The highest BCUT2D eigenvalue weighted by Crippen LogP contribution is 2.18. The van der Waals surface area contributed by atoms with Crippen LogP contribution in [0, 0.1) is 5.92 Å². The maximum absolute atomic E-state index is 12.7. The Morgan fingerprint density at radius 2 is 1.97 bits per heavy atom. The van der Waals surface area contributed by atoms with Gasteiger partial charge in [-0.15, -0.1) is 0 Å². The number of esters is 1. The van der Waals surface area contributed by atoms with E-state index in [4.69, 9.17) is 9.47 Å². The molecule has 0 saturated carbocycles. The molecule has 8 nitrogen and oxygen atoms in total. The van der Waals surface area contributed by atoms with Crippen molar-refractivity contribution in [3.05, 3.63) is 18.2 Å². The van der Waals surface area contributed by atoms with Gasteiger partial charge >= 0.3 is 5.97 Å². The van der Waals surface area contributed by atoms with Crippen LogP contribution in [0.4, 0.5) is 0 Å². The number of rotatable bonds is 9. The topological polar surface area (TPSA) is 76.9 Å². The van der Waals surface area contributed by atoms with Crippen molar-refractivity contribution in [2.24, 2.45) is 5.92 Å². The third kappa shape index (κ3) is 6.54. The summed E-state index contributed by atoms with van der Waals surface area (Å²) in [5.74, 6) is 1.03. The molecule has 0 radical (unpaired) electrons. The highest BCUT2D eigenvalue weighted by Gasteiger charge is 2.27. The fourth-order valence-corrected chi connectivity index (χ4v) is 4.05. The Bertz CT molecular complexity index is 678. The van der Waals surface area contributed by atoms with Crippen molar-refractivity contribution in [1.82, 2.24) is 19.4 Å². The van der Waals surface area contributed by atoms with Crippen molar-refractivity contribution in [2.75, 3.05) is 46.0 Å². The van der Waals surface area contributed by atoms with Crippen LogP contribution in [-0.4, -0.2) is 83.3 Å². The van der Waals surface area contributed by atoms with Crippen LogP contribution in [-0.2, 0) is 32.0 Å². The largest absolute Gasteiger partial charge is 0.464 e. The van der Waals surface area contributed by atoms with Gasteiger partial charge in [0.15, 0.2) is 0 Å². The molecule has 1 aromatic rings.